The Bertz CT molecular complexity index is 956. The van der Waals surface area contributed by atoms with Crippen LogP contribution in [0.4, 0.5) is 5.69 Å². The van der Waals surface area contributed by atoms with Gasteiger partial charge in [0.15, 0.2) is 0 Å². The molecule has 2 heterocycles. The fourth-order valence-corrected chi connectivity index (χ4v) is 3.66. The number of nitrogens with zero attached hydrogens (tertiary/aromatic N) is 1. The number of nitrogens with one attached hydrogen (secondary N) is 2. The summed E-state index contributed by atoms with van der Waals surface area (Å²) in [5, 5.41) is 2.86. The SMILES string of the molecule is COC(=O)c1ccc(C(=O)Nc2ccc3nc(C4CCC4)[nH]c3c2)s1. The highest BCUT2D eigenvalue weighted by molar-refractivity contribution is 7.16. The van der Waals surface area contributed by atoms with Crippen LogP contribution in [0.1, 0.15) is 50.3 Å². The highest BCUT2D eigenvalue weighted by Crippen LogP contribution is 2.35. The van der Waals surface area contributed by atoms with Gasteiger partial charge < -0.3 is 15.0 Å². The Morgan fingerprint density at radius 1 is 1.24 bits per heavy atom. The van der Waals surface area contributed by atoms with Crippen LogP contribution >= 0.6 is 11.3 Å². The van der Waals surface area contributed by atoms with Crippen molar-refractivity contribution < 1.29 is 14.3 Å². The van der Waals surface area contributed by atoms with Gasteiger partial charge in [-0.25, -0.2) is 9.78 Å². The molecule has 1 saturated carbocycles. The van der Waals surface area contributed by atoms with Crippen LogP contribution in [-0.2, 0) is 4.74 Å². The lowest BCUT2D eigenvalue weighted by molar-refractivity contribution is 0.0606. The van der Waals surface area contributed by atoms with Crippen LogP contribution in [0.25, 0.3) is 11.0 Å². The molecule has 7 heteroatoms. The van der Waals surface area contributed by atoms with Gasteiger partial charge in [-0.1, -0.05) is 6.42 Å². The van der Waals surface area contributed by atoms with Gasteiger partial charge in [-0.05, 0) is 43.2 Å². The first-order valence-electron chi connectivity index (χ1n) is 8.13. The summed E-state index contributed by atoms with van der Waals surface area (Å²) in [5.41, 5.74) is 2.51. The molecule has 0 saturated heterocycles. The maximum absolute atomic E-state index is 12.4. The number of aromatic amines is 1. The summed E-state index contributed by atoms with van der Waals surface area (Å²) in [6, 6.07) is 8.83. The van der Waals surface area contributed by atoms with Gasteiger partial charge in [0.05, 0.1) is 23.0 Å². The van der Waals surface area contributed by atoms with Crippen LogP contribution in [-0.4, -0.2) is 29.0 Å². The minimum atomic E-state index is -0.438. The molecule has 128 valence electrons. The Kier molecular flexibility index (Phi) is 4.01. The van der Waals surface area contributed by atoms with Gasteiger partial charge in [0, 0.05) is 11.6 Å². The van der Waals surface area contributed by atoms with Crippen LogP contribution < -0.4 is 5.32 Å². The van der Waals surface area contributed by atoms with Gasteiger partial charge in [0.25, 0.3) is 5.91 Å². The number of benzene rings is 1. The number of carbonyl (C=O) groups is 2. The van der Waals surface area contributed by atoms with Crippen molar-refractivity contribution in [3.63, 3.8) is 0 Å². The first kappa shape index (κ1) is 15.8. The molecule has 1 aliphatic carbocycles. The Morgan fingerprint density at radius 3 is 2.76 bits per heavy atom. The van der Waals surface area contributed by atoms with Crippen molar-refractivity contribution in [2.75, 3.05) is 12.4 Å². The van der Waals surface area contributed by atoms with Gasteiger partial charge >= 0.3 is 5.97 Å². The fraction of sp³-hybridized carbons (Fsp3) is 0.278. The van der Waals surface area contributed by atoms with Crippen LogP contribution in [0.3, 0.4) is 0 Å². The quantitative estimate of drug-likeness (QED) is 0.695. The molecule has 4 rings (SSSR count). The van der Waals surface area contributed by atoms with E-state index in [2.05, 4.69) is 20.0 Å². The molecule has 0 radical (unpaired) electrons. The summed E-state index contributed by atoms with van der Waals surface area (Å²) in [7, 11) is 1.32. The summed E-state index contributed by atoms with van der Waals surface area (Å²) in [6.45, 7) is 0. The van der Waals surface area contributed by atoms with Crippen molar-refractivity contribution in [3.05, 3.63) is 45.9 Å². The number of methoxy groups -OCH3 is 1. The number of hydrogen-bond acceptors (Lipinski definition) is 5. The number of imidazole rings is 1. The minimum Gasteiger partial charge on any atom is -0.465 e. The van der Waals surface area contributed by atoms with Crippen molar-refractivity contribution in [2.24, 2.45) is 0 Å². The van der Waals surface area contributed by atoms with Crippen molar-refractivity contribution in [1.82, 2.24) is 9.97 Å². The number of amides is 1. The lowest BCUT2D eigenvalue weighted by atomic mass is 9.85. The third kappa shape index (κ3) is 3.02. The zero-order chi connectivity index (χ0) is 17.4. The third-order valence-electron chi connectivity index (χ3n) is 4.47. The Hall–Kier alpha value is -2.67. The van der Waals surface area contributed by atoms with Crippen LogP contribution in [0.2, 0.25) is 0 Å². The molecule has 0 unspecified atom stereocenters. The van der Waals surface area contributed by atoms with E-state index < -0.39 is 5.97 Å². The number of rotatable bonds is 4. The lowest BCUT2D eigenvalue weighted by Gasteiger charge is -2.22. The second kappa shape index (κ2) is 6.33. The molecular formula is C18H17N3O3S. The molecule has 0 aliphatic heterocycles. The Balaban J connectivity index is 1.52. The van der Waals surface area contributed by atoms with Crippen LogP contribution in [0.5, 0.6) is 0 Å². The molecular weight excluding hydrogens is 338 g/mol. The van der Waals surface area contributed by atoms with Gasteiger partial charge in [0.1, 0.15) is 10.7 Å². The van der Waals surface area contributed by atoms with Crippen molar-refractivity contribution >= 4 is 39.9 Å². The van der Waals surface area contributed by atoms with E-state index in [-0.39, 0.29) is 5.91 Å². The number of aromatic nitrogens is 2. The average molecular weight is 355 g/mol. The summed E-state index contributed by atoms with van der Waals surface area (Å²) < 4.78 is 4.66. The first-order chi connectivity index (χ1) is 12.1. The normalized spacial score (nSPS) is 14.3. The first-order valence-corrected chi connectivity index (χ1v) is 8.95. The van der Waals surface area contributed by atoms with Crippen molar-refractivity contribution in [1.29, 1.82) is 0 Å². The molecule has 0 bridgehead atoms. The van der Waals surface area contributed by atoms with E-state index >= 15 is 0 Å². The van der Waals surface area contributed by atoms with E-state index in [9.17, 15) is 9.59 Å². The third-order valence-corrected chi connectivity index (χ3v) is 5.53. The molecule has 25 heavy (non-hydrogen) atoms. The smallest absolute Gasteiger partial charge is 0.348 e. The number of ether oxygens (including phenoxy) is 1. The second-order valence-electron chi connectivity index (χ2n) is 6.09. The van der Waals surface area contributed by atoms with Gasteiger partial charge in [0.2, 0.25) is 0 Å². The molecule has 6 nitrogen and oxygen atoms in total. The van der Waals surface area contributed by atoms with Gasteiger partial charge in [-0.3, -0.25) is 4.79 Å². The van der Waals surface area contributed by atoms with E-state index in [1.807, 2.05) is 18.2 Å². The zero-order valence-electron chi connectivity index (χ0n) is 13.7. The second-order valence-corrected chi connectivity index (χ2v) is 7.18. The highest BCUT2D eigenvalue weighted by Gasteiger charge is 2.22. The van der Waals surface area contributed by atoms with E-state index in [4.69, 9.17) is 0 Å². The van der Waals surface area contributed by atoms with Crippen molar-refractivity contribution in [2.45, 2.75) is 25.2 Å². The molecule has 1 aliphatic rings. The number of thiophene rings is 1. The fourth-order valence-electron chi connectivity index (χ4n) is 2.85. The monoisotopic (exact) mass is 355 g/mol. The molecule has 1 aromatic carbocycles. The largest absolute Gasteiger partial charge is 0.465 e. The maximum Gasteiger partial charge on any atom is 0.348 e. The number of carbonyl (C=O) groups excluding carboxylic acids is 2. The predicted molar refractivity (Wildman–Crippen MR) is 96.3 cm³/mol. The van der Waals surface area contributed by atoms with E-state index in [0.717, 1.165) is 28.2 Å². The lowest BCUT2D eigenvalue weighted by Crippen LogP contribution is -2.10. The molecule has 1 fully saturated rings. The molecule has 2 N–H and O–H groups in total. The number of esters is 1. The standard InChI is InChI=1S/C18H17N3O3S/c1-24-18(23)15-8-7-14(25-15)17(22)19-11-5-6-12-13(9-11)21-16(20-12)10-3-2-4-10/h5-10H,2-4H2,1H3,(H,19,22)(H,20,21). The summed E-state index contributed by atoms with van der Waals surface area (Å²) in [5.74, 6) is 0.878. The average Bonchev–Trinajstić information content (AvgIpc) is 3.18. The zero-order valence-corrected chi connectivity index (χ0v) is 14.5. The van der Waals surface area contributed by atoms with Crippen LogP contribution in [0, 0.1) is 0 Å². The molecule has 3 aromatic rings. The van der Waals surface area contributed by atoms with E-state index in [1.54, 1.807) is 12.1 Å². The summed E-state index contributed by atoms with van der Waals surface area (Å²) in [6.07, 6.45) is 3.63. The van der Waals surface area contributed by atoms with Crippen LogP contribution in [0.15, 0.2) is 30.3 Å². The Morgan fingerprint density at radius 2 is 2.04 bits per heavy atom. The number of hydrogen-bond donors (Lipinski definition) is 2. The highest BCUT2D eigenvalue weighted by atomic mass is 32.1. The molecule has 0 atom stereocenters. The minimum absolute atomic E-state index is 0.252. The number of fused-ring (bicyclic) bond motifs is 1. The van der Waals surface area contributed by atoms with Crippen molar-refractivity contribution in [3.8, 4) is 0 Å². The summed E-state index contributed by atoms with van der Waals surface area (Å²) >= 11 is 1.11. The molecule has 1 amide bonds. The van der Waals surface area contributed by atoms with E-state index in [0.29, 0.717) is 21.4 Å². The summed E-state index contributed by atoms with van der Waals surface area (Å²) in [4.78, 5) is 32.7. The van der Waals surface area contributed by atoms with Gasteiger partial charge in [-0.2, -0.15) is 0 Å². The molecule has 0 spiro atoms. The molecule has 2 aromatic heterocycles. The van der Waals surface area contributed by atoms with Gasteiger partial charge in [-0.15, -0.1) is 11.3 Å². The van der Waals surface area contributed by atoms with E-state index in [1.165, 1.54) is 26.4 Å². The number of H-pyrrole nitrogens is 1. The Labute approximate surface area is 148 Å². The maximum atomic E-state index is 12.4. The predicted octanol–water partition coefficient (Wildman–Crippen LogP) is 3.93. The topological polar surface area (TPSA) is 84.1 Å². The number of anilines is 1.